The van der Waals surface area contributed by atoms with Crippen molar-refractivity contribution in [2.45, 2.75) is 6.18 Å². The van der Waals surface area contributed by atoms with Crippen molar-refractivity contribution in [2.24, 2.45) is 5.16 Å². The average Bonchev–Trinajstić information content (AvgIpc) is 2.49. The van der Waals surface area contributed by atoms with Crippen molar-refractivity contribution in [3.05, 3.63) is 23.2 Å². The number of nitrogens with zero attached hydrogens (tertiary/aromatic N) is 1. The highest BCUT2D eigenvalue weighted by Crippen LogP contribution is 2.27. The highest BCUT2D eigenvalue weighted by molar-refractivity contribution is 6.33. The standard InChI is InChI=1S/C13H13ClF3N3O4/c1-23-10-3-2-8(14)4-9(10)20-11(21)5-19-24-6-12(22)18-7-13(15,16)17/h2-5H,6-7H2,1H3,(H,18,22)(H,20,21)/b19-5-. The van der Waals surface area contributed by atoms with Gasteiger partial charge in [-0.15, -0.1) is 0 Å². The monoisotopic (exact) mass is 367 g/mol. The normalized spacial score (nSPS) is 11.2. The SMILES string of the molecule is COc1ccc(Cl)cc1NC(=O)/C=N\OCC(=O)NCC(F)(F)F. The van der Waals surface area contributed by atoms with Gasteiger partial charge < -0.3 is 20.2 Å². The molecule has 0 saturated carbocycles. The van der Waals surface area contributed by atoms with E-state index in [1.807, 2.05) is 0 Å². The first-order valence-electron chi connectivity index (χ1n) is 6.34. The first kappa shape index (κ1) is 19.6. The number of ether oxygens (including phenoxy) is 1. The van der Waals surface area contributed by atoms with Gasteiger partial charge in [0.05, 0.1) is 12.8 Å². The number of carbonyl (C=O) groups excluding carboxylic acids is 2. The second kappa shape index (κ2) is 8.96. The first-order chi connectivity index (χ1) is 11.2. The van der Waals surface area contributed by atoms with Crippen LogP contribution in [0, 0.1) is 0 Å². The van der Waals surface area contributed by atoms with E-state index in [-0.39, 0.29) is 5.69 Å². The van der Waals surface area contributed by atoms with E-state index in [1.165, 1.54) is 19.2 Å². The molecule has 0 aliphatic heterocycles. The summed E-state index contributed by atoms with van der Waals surface area (Å²) < 4.78 is 40.6. The second-order valence-electron chi connectivity index (χ2n) is 4.23. The van der Waals surface area contributed by atoms with E-state index in [0.717, 1.165) is 0 Å². The van der Waals surface area contributed by atoms with Crippen LogP contribution in [0.4, 0.5) is 18.9 Å². The minimum Gasteiger partial charge on any atom is -0.495 e. The van der Waals surface area contributed by atoms with Crippen molar-refractivity contribution in [1.82, 2.24) is 5.32 Å². The molecular formula is C13H13ClF3N3O4. The summed E-state index contributed by atoms with van der Waals surface area (Å²) in [6.07, 6.45) is -3.81. The molecule has 0 spiro atoms. The maximum atomic E-state index is 11.8. The molecule has 7 nitrogen and oxygen atoms in total. The van der Waals surface area contributed by atoms with Crippen molar-refractivity contribution >= 4 is 35.3 Å². The third-order valence-corrected chi connectivity index (χ3v) is 2.58. The van der Waals surface area contributed by atoms with E-state index < -0.39 is 31.1 Å². The van der Waals surface area contributed by atoms with Gasteiger partial charge in [0, 0.05) is 5.02 Å². The first-order valence-corrected chi connectivity index (χ1v) is 6.72. The molecule has 1 aromatic carbocycles. The molecule has 0 saturated heterocycles. The van der Waals surface area contributed by atoms with Gasteiger partial charge in [-0.05, 0) is 18.2 Å². The number of alkyl halides is 3. The molecule has 0 fully saturated rings. The molecule has 1 rings (SSSR count). The molecule has 1 aromatic rings. The molecule has 0 heterocycles. The molecule has 24 heavy (non-hydrogen) atoms. The minimum absolute atomic E-state index is 0.282. The number of anilines is 1. The number of methoxy groups -OCH3 is 1. The van der Waals surface area contributed by atoms with Gasteiger partial charge in [-0.25, -0.2) is 0 Å². The van der Waals surface area contributed by atoms with Crippen LogP contribution in [-0.4, -0.2) is 44.5 Å². The molecule has 0 aliphatic carbocycles. The van der Waals surface area contributed by atoms with Crippen LogP contribution in [0.25, 0.3) is 0 Å². The average molecular weight is 368 g/mol. The molecule has 0 radical (unpaired) electrons. The Morgan fingerprint density at radius 1 is 1.38 bits per heavy atom. The number of hydrogen-bond acceptors (Lipinski definition) is 5. The minimum atomic E-state index is -4.52. The fourth-order valence-corrected chi connectivity index (χ4v) is 1.55. The van der Waals surface area contributed by atoms with E-state index in [2.05, 4.69) is 15.3 Å². The number of hydrogen-bond donors (Lipinski definition) is 2. The van der Waals surface area contributed by atoms with Crippen LogP contribution in [0.5, 0.6) is 5.75 Å². The Labute approximate surface area is 139 Å². The van der Waals surface area contributed by atoms with E-state index in [4.69, 9.17) is 16.3 Å². The fourth-order valence-electron chi connectivity index (χ4n) is 1.37. The van der Waals surface area contributed by atoms with Crippen LogP contribution in [0.15, 0.2) is 23.4 Å². The maximum Gasteiger partial charge on any atom is 0.405 e. The Morgan fingerprint density at radius 3 is 2.71 bits per heavy atom. The quantitative estimate of drug-likeness (QED) is 0.569. The van der Waals surface area contributed by atoms with Gasteiger partial charge in [-0.1, -0.05) is 16.8 Å². The largest absolute Gasteiger partial charge is 0.495 e. The summed E-state index contributed by atoms with van der Waals surface area (Å²) in [4.78, 5) is 27.0. The van der Waals surface area contributed by atoms with E-state index in [0.29, 0.717) is 17.0 Å². The number of amides is 2. The van der Waals surface area contributed by atoms with Crippen LogP contribution in [0.1, 0.15) is 0 Å². The maximum absolute atomic E-state index is 11.8. The van der Waals surface area contributed by atoms with Crippen molar-refractivity contribution in [3.8, 4) is 5.75 Å². The highest BCUT2D eigenvalue weighted by Gasteiger charge is 2.27. The molecule has 2 amide bonds. The molecular weight excluding hydrogens is 355 g/mol. The summed E-state index contributed by atoms with van der Waals surface area (Å²) >= 11 is 5.79. The summed E-state index contributed by atoms with van der Waals surface area (Å²) in [5.41, 5.74) is 0.282. The molecule has 0 bridgehead atoms. The number of carbonyl (C=O) groups is 2. The van der Waals surface area contributed by atoms with Gasteiger partial charge in [0.15, 0.2) is 6.61 Å². The predicted molar refractivity (Wildman–Crippen MR) is 80.1 cm³/mol. The van der Waals surface area contributed by atoms with Crippen molar-refractivity contribution in [1.29, 1.82) is 0 Å². The summed E-state index contributed by atoms with van der Waals surface area (Å²) in [6.45, 7) is -2.24. The molecule has 2 N–H and O–H groups in total. The van der Waals surface area contributed by atoms with Crippen LogP contribution in [-0.2, 0) is 14.4 Å². The number of oxime groups is 1. The van der Waals surface area contributed by atoms with Gasteiger partial charge in [0.1, 0.15) is 18.5 Å². The Balaban J connectivity index is 2.42. The van der Waals surface area contributed by atoms with Crippen LogP contribution >= 0.6 is 11.6 Å². The van der Waals surface area contributed by atoms with Gasteiger partial charge in [0.25, 0.3) is 11.8 Å². The zero-order chi connectivity index (χ0) is 18.2. The Hall–Kier alpha value is -2.49. The smallest absolute Gasteiger partial charge is 0.405 e. The topological polar surface area (TPSA) is 89.0 Å². The van der Waals surface area contributed by atoms with E-state index in [9.17, 15) is 22.8 Å². The van der Waals surface area contributed by atoms with Gasteiger partial charge in [0.2, 0.25) is 0 Å². The zero-order valence-corrected chi connectivity index (χ0v) is 13.1. The number of rotatable bonds is 7. The third-order valence-electron chi connectivity index (χ3n) is 2.35. The van der Waals surface area contributed by atoms with Gasteiger partial charge in [-0.2, -0.15) is 13.2 Å². The Bertz CT molecular complexity index is 623. The fraction of sp³-hybridized carbons (Fsp3) is 0.308. The molecule has 11 heteroatoms. The molecule has 0 aromatic heterocycles. The lowest BCUT2D eigenvalue weighted by Gasteiger charge is -2.08. The lowest BCUT2D eigenvalue weighted by Crippen LogP contribution is -2.35. The summed E-state index contributed by atoms with van der Waals surface area (Å²) in [6, 6.07) is 4.54. The lowest BCUT2D eigenvalue weighted by atomic mass is 10.3. The lowest BCUT2D eigenvalue weighted by molar-refractivity contribution is -0.141. The molecule has 0 atom stereocenters. The van der Waals surface area contributed by atoms with Crippen molar-refractivity contribution < 1.29 is 32.3 Å². The number of nitrogens with one attached hydrogen (secondary N) is 2. The molecule has 0 unspecified atom stereocenters. The van der Waals surface area contributed by atoms with Crippen molar-refractivity contribution in [3.63, 3.8) is 0 Å². The molecule has 0 aliphatic rings. The molecule has 132 valence electrons. The van der Waals surface area contributed by atoms with Crippen LogP contribution in [0.3, 0.4) is 0 Å². The Morgan fingerprint density at radius 2 is 2.08 bits per heavy atom. The van der Waals surface area contributed by atoms with Crippen LogP contribution < -0.4 is 15.4 Å². The zero-order valence-electron chi connectivity index (χ0n) is 12.3. The predicted octanol–water partition coefficient (Wildman–Crippen LogP) is 1.97. The van der Waals surface area contributed by atoms with Crippen molar-refractivity contribution in [2.75, 3.05) is 25.6 Å². The summed E-state index contributed by atoms with van der Waals surface area (Å²) in [7, 11) is 1.40. The van der Waals surface area contributed by atoms with Gasteiger partial charge >= 0.3 is 6.18 Å². The Kier molecular flexibility index (Phi) is 7.31. The van der Waals surface area contributed by atoms with E-state index in [1.54, 1.807) is 11.4 Å². The summed E-state index contributed by atoms with van der Waals surface area (Å²) in [5, 5.41) is 7.52. The number of benzene rings is 1. The summed E-state index contributed by atoms with van der Waals surface area (Å²) in [5.74, 6) is -1.39. The van der Waals surface area contributed by atoms with Crippen LogP contribution in [0.2, 0.25) is 5.02 Å². The van der Waals surface area contributed by atoms with E-state index >= 15 is 0 Å². The number of halogens is 4. The second-order valence-corrected chi connectivity index (χ2v) is 4.67. The van der Waals surface area contributed by atoms with Gasteiger partial charge in [-0.3, -0.25) is 9.59 Å². The highest BCUT2D eigenvalue weighted by atomic mass is 35.5. The third kappa shape index (κ3) is 7.68.